The zero-order valence-corrected chi connectivity index (χ0v) is 9.78. The Morgan fingerprint density at radius 1 is 1.50 bits per heavy atom. The molecule has 0 aromatic carbocycles. The molecule has 0 aliphatic rings. The first kappa shape index (κ1) is 12.5. The van der Waals surface area contributed by atoms with Gasteiger partial charge in [-0.3, -0.25) is 9.59 Å². The molecule has 4 nitrogen and oxygen atoms in total. The lowest BCUT2D eigenvalue weighted by molar-refractivity contribution is -0.148. The molecule has 0 bridgehead atoms. The third kappa shape index (κ3) is 2.95. The van der Waals surface area contributed by atoms with Gasteiger partial charge in [0.05, 0.1) is 6.26 Å². The third-order valence-corrected chi connectivity index (χ3v) is 2.22. The highest BCUT2D eigenvalue weighted by atomic mass is 16.5. The summed E-state index contributed by atoms with van der Waals surface area (Å²) in [5, 5.41) is 0. The van der Waals surface area contributed by atoms with Crippen molar-refractivity contribution in [2.45, 2.75) is 39.7 Å². The van der Waals surface area contributed by atoms with E-state index in [1.165, 1.54) is 13.2 Å². The lowest BCUT2D eigenvalue weighted by Crippen LogP contribution is -2.10. The second-order valence-corrected chi connectivity index (χ2v) is 3.64. The molecule has 0 amide bonds. The van der Waals surface area contributed by atoms with Gasteiger partial charge < -0.3 is 9.15 Å². The van der Waals surface area contributed by atoms with Crippen molar-refractivity contribution in [3.05, 3.63) is 23.7 Å². The summed E-state index contributed by atoms with van der Waals surface area (Å²) in [5.74, 6) is -0.166. The van der Waals surface area contributed by atoms with Crippen LogP contribution < -0.4 is 0 Å². The molecule has 0 aliphatic heterocycles. The van der Waals surface area contributed by atoms with Crippen LogP contribution in [0.4, 0.5) is 0 Å². The first-order valence-electron chi connectivity index (χ1n) is 5.34. The number of furan rings is 1. The first-order chi connectivity index (χ1) is 7.56. The molecule has 88 valence electrons. The molecular formula is C12H16O4. The van der Waals surface area contributed by atoms with Crippen LogP contribution in [0.3, 0.4) is 0 Å². The summed E-state index contributed by atoms with van der Waals surface area (Å²) in [6.45, 7) is 5.05. The van der Waals surface area contributed by atoms with Crippen LogP contribution in [0.1, 0.15) is 55.8 Å². The minimum absolute atomic E-state index is 0.168. The fourth-order valence-corrected chi connectivity index (χ4v) is 1.45. The standard InChI is InChI=1S/C12H16O4/c1-4-5-11(14)16-9(3)10-6-7-15-12(10)8(2)13/h6-7,9H,4-5H2,1-3H3. The first-order valence-corrected chi connectivity index (χ1v) is 5.34. The van der Waals surface area contributed by atoms with Crippen molar-refractivity contribution in [1.29, 1.82) is 0 Å². The molecule has 0 N–H and O–H groups in total. The van der Waals surface area contributed by atoms with Crippen LogP contribution >= 0.6 is 0 Å². The number of carbonyl (C=O) groups is 2. The summed E-state index contributed by atoms with van der Waals surface area (Å²) in [6, 6.07) is 1.65. The average Bonchev–Trinajstić information content (AvgIpc) is 2.65. The Hall–Kier alpha value is -1.58. The van der Waals surface area contributed by atoms with Gasteiger partial charge in [0.25, 0.3) is 0 Å². The maximum Gasteiger partial charge on any atom is 0.306 e. The Balaban J connectivity index is 2.72. The smallest absolute Gasteiger partial charge is 0.306 e. The van der Waals surface area contributed by atoms with E-state index in [4.69, 9.17) is 9.15 Å². The van der Waals surface area contributed by atoms with E-state index in [2.05, 4.69) is 0 Å². The molecule has 4 heteroatoms. The maximum atomic E-state index is 11.3. The number of hydrogen-bond acceptors (Lipinski definition) is 4. The van der Waals surface area contributed by atoms with Gasteiger partial charge in [-0.1, -0.05) is 6.92 Å². The summed E-state index contributed by atoms with van der Waals surface area (Å²) in [6.07, 6.45) is 2.11. The Labute approximate surface area is 94.6 Å². The van der Waals surface area contributed by atoms with Crippen molar-refractivity contribution in [3.63, 3.8) is 0 Å². The molecule has 0 spiro atoms. The predicted molar refractivity (Wildman–Crippen MR) is 58.1 cm³/mol. The summed E-state index contributed by atoms with van der Waals surface area (Å²) < 4.78 is 10.2. The summed E-state index contributed by atoms with van der Waals surface area (Å²) in [5.41, 5.74) is 0.622. The Morgan fingerprint density at radius 3 is 2.75 bits per heavy atom. The van der Waals surface area contributed by atoms with Crippen molar-refractivity contribution >= 4 is 11.8 Å². The van der Waals surface area contributed by atoms with Gasteiger partial charge in [0.1, 0.15) is 6.10 Å². The quantitative estimate of drug-likeness (QED) is 0.570. The third-order valence-electron chi connectivity index (χ3n) is 2.22. The molecule has 1 atom stereocenters. The molecule has 0 saturated carbocycles. The van der Waals surface area contributed by atoms with Crippen LogP contribution in [0.15, 0.2) is 16.7 Å². The van der Waals surface area contributed by atoms with Gasteiger partial charge in [0.15, 0.2) is 11.5 Å². The van der Waals surface area contributed by atoms with Gasteiger partial charge in [-0.05, 0) is 19.4 Å². The van der Waals surface area contributed by atoms with Gasteiger partial charge in [-0.25, -0.2) is 0 Å². The monoisotopic (exact) mass is 224 g/mol. The van der Waals surface area contributed by atoms with Gasteiger partial charge in [0.2, 0.25) is 0 Å². The minimum atomic E-state index is -0.448. The lowest BCUT2D eigenvalue weighted by Gasteiger charge is -2.12. The number of Topliss-reactive ketones (excluding diaryl/α,β-unsaturated/α-hetero) is 1. The largest absolute Gasteiger partial charge is 0.461 e. The van der Waals surface area contributed by atoms with Gasteiger partial charge in [-0.2, -0.15) is 0 Å². The number of esters is 1. The van der Waals surface area contributed by atoms with Crippen molar-refractivity contribution < 1.29 is 18.7 Å². The van der Waals surface area contributed by atoms with E-state index >= 15 is 0 Å². The highest BCUT2D eigenvalue weighted by Crippen LogP contribution is 2.23. The lowest BCUT2D eigenvalue weighted by atomic mass is 10.1. The van der Waals surface area contributed by atoms with E-state index in [9.17, 15) is 9.59 Å². The van der Waals surface area contributed by atoms with E-state index in [0.29, 0.717) is 12.0 Å². The maximum absolute atomic E-state index is 11.3. The Morgan fingerprint density at radius 2 is 2.19 bits per heavy atom. The molecule has 1 aromatic heterocycles. The highest BCUT2D eigenvalue weighted by Gasteiger charge is 2.19. The van der Waals surface area contributed by atoms with E-state index in [0.717, 1.165) is 6.42 Å². The number of ketones is 1. The van der Waals surface area contributed by atoms with Crippen LogP contribution in [-0.2, 0) is 9.53 Å². The highest BCUT2D eigenvalue weighted by molar-refractivity contribution is 5.92. The molecular weight excluding hydrogens is 208 g/mol. The second-order valence-electron chi connectivity index (χ2n) is 3.64. The van der Waals surface area contributed by atoms with Crippen LogP contribution in [-0.4, -0.2) is 11.8 Å². The number of carbonyl (C=O) groups excluding carboxylic acids is 2. The number of rotatable bonds is 5. The molecule has 1 aromatic rings. The van der Waals surface area contributed by atoms with E-state index < -0.39 is 6.10 Å². The van der Waals surface area contributed by atoms with Crippen LogP contribution in [0.5, 0.6) is 0 Å². The number of hydrogen-bond donors (Lipinski definition) is 0. The average molecular weight is 224 g/mol. The van der Waals surface area contributed by atoms with Gasteiger partial charge >= 0.3 is 5.97 Å². The van der Waals surface area contributed by atoms with Crippen LogP contribution in [0.2, 0.25) is 0 Å². The van der Waals surface area contributed by atoms with Crippen LogP contribution in [0.25, 0.3) is 0 Å². The fraction of sp³-hybridized carbons (Fsp3) is 0.500. The second kappa shape index (κ2) is 5.49. The van der Waals surface area contributed by atoms with Crippen molar-refractivity contribution in [3.8, 4) is 0 Å². The fourth-order valence-electron chi connectivity index (χ4n) is 1.45. The molecule has 0 aliphatic carbocycles. The van der Waals surface area contributed by atoms with E-state index in [1.807, 2.05) is 6.92 Å². The molecule has 0 radical (unpaired) electrons. The van der Waals surface area contributed by atoms with Gasteiger partial charge in [-0.15, -0.1) is 0 Å². The number of ether oxygens (including phenoxy) is 1. The summed E-state index contributed by atoms with van der Waals surface area (Å²) in [7, 11) is 0. The predicted octanol–water partition coefficient (Wildman–Crippen LogP) is 2.89. The summed E-state index contributed by atoms with van der Waals surface area (Å²) >= 11 is 0. The molecule has 16 heavy (non-hydrogen) atoms. The molecule has 1 heterocycles. The summed E-state index contributed by atoms with van der Waals surface area (Å²) in [4.78, 5) is 22.5. The molecule has 0 saturated heterocycles. The van der Waals surface area contributed by atoms with Crippen LogP contribution in [0, 0.1) is 0 Å². The zero-order valence-electron chi connectivity index (χ0n) is 9.78. The van der Waals surface area contributed by atoms with E-state index in [-0.39, 0.29) is 17.5 Å². The van der Waals surface area contributed by atoms with Crippen molar-refractivity contribution in [2.75, 3.05) is 0 Å². The normalized spacial score (nSPS) is 12.2. The molecule has 1 unspecified atom stereocenters. The zero-order chi connectivity index (χ0) is 12.1. The SMILES string of the molecule is CCCC(=O)OC(C)c1ccoc1C(C)=O. The Bertz CT molecular complexity index is 378. The van der Waals surface area contributed by atoms with Crippen molar-refractivity contribution in [1.82, 2.24) is 0 Å². The molecule has 1 rings (SSSR count). The van der Waals surface area contributed by atoms with Gasteiger partial charge in [0, 0.05) is 18.9 Å². The topological polar surface area (TPSA) is 56.5 Å². The molecule has 0 fully saturated rings. The van der Waals surface area contributed by atoms with E-state index in [1.54, 1.807) is 13.0 Å². The Kier molecular flexibility index (Phi) is 4.28. The minimum Gasteiger partial charge on any atom is -0.461 e. The van der Waals surface area contributed by atoms with Crippen molar-refractivity contribution in [2.24, 2.45) is 0 Å².